The molecule has 2 aromatic carbocycles. The molecule has 0 spiro atoms. The van der Waals surface area contributed by atoms with E-state index in [4.69, 9.17) is 4.74 Å². The van der Waals surface area contributed by atoms with Crippen molar-refractivity contribution in [2.75, 3.05) is 13.2 Å². The fraction of sp³-hybridized carbons (Fsp3) is 0.350. The predicted octanol–water partition coefficient (Wildman–Crippen LogP) is 2.72. The number of amides is 2. The number of hydrogen-bond acceptors (Lipinski definition) is 3. The summed E-state index contributed by atoms with van der Waals surface area (Å²) in [5.41, 5.74) is 0.701. The lowest BCUT2D eigenvalue weighted by atomic mass is 9.96. The molecule has 132 valence electrons. The van der Waals surface area contributed by atoms with E-state index in [0.29, 0.717) is 6.61 Å². The number of aliphatic hydroxyl groups is 1. The first kappa shape index (κ1) is 17.5. The van der Waals surface area contributed by atoms with Crippen LogP contribution >= 0.6 is 0 Å². The lowest BCUT2D eigenvalue weighted by Gasteiger charge is -2.25. The molecule has 1 aliphatic heterocycles. The van der Waals surface area contributed by atoms with Crippen LogP contribution in [0.25, 0.3) is 0 Å². The highest BCUT2D eigenvalue weighted by Crippen LogP contribution is 2.28. The third kappa shape index (κ3) is 4.38. The summed E-state index contributed by atoms with van der Waals surface area (Å²) in [7, 11) is 0. The second-order valence-electron chi connectivity index (χ2n) is 6.56. The van der Waals surface area contributed by atoms with Gasteiger partial charge in [0.15, 0.2) is 0 Å². The molecule has 1 aliphatic rings. The van der Waals surface area contributed by atoms with Crippen LogP contribution in [0.1, 0.15) is 30.6 Å². The molecular formula is C20H24N2O3. The Balaban J connectivity index is 1.55. The molecule has 3 N–H and O–H groups in total. The maximum Gasteiger partial charge on any atom is 0.315 e. The number of ether oxygens (including phenoxy) is 1. The Kier molecular flexibility index (Phi) is 5.36. The molecule has 0 saturated carbocycles. The second-order valence-corrected chi connectivity index (χ2v) is 6.56. The van der Waals surface area contributed by atoms with Gasteiger partial charge in [0.1, 0.15) is 11.7 Å². The maximum absolute atomic E-state index is 12.3. The van der Waals surface area contributed by atoms with Gasteiger partial charge < -0.3 is 20.5 Å². The Hall–Kier alpha value is -2.37. The Bertz CT molecular complexity index is 689. The molecule has 1 heterocycles. The van der Waals surface area contributed by atoms with E-state index in [0.717, 1.165) is 17.5 Å². The molecule has 5 nitrogen and oxygen atoms in total. The Morgan fingerprint density at radius 2 is 1.80 bits per heavy atom. The standard InChI is InChI=1S/C20H24N2O3/c1-20(24,16-10-6-3-7-11-16)14-21-19(23)22-17-12-13-25-18(17)15-8-4-2-5-9-15/h2-11,17-18,24H,12-14H2,1H3,(H2,21,22,23)/t17-,18+,20+/m1/s1. The van der Waals surface area contributed by atoms with Crippen LogP contribution in [0.3, 0.4) is 0 Å². The van der Waals surface area contributed by atoms with Gasteiger partial charge in [-0.1, -0.05) is 60.7 Å². The van der Waals surface area contributed by atoms with E-state index in [-0.39, 0.29) is 24.7 Å². The molecular weight excluding hydrogens is 316 g/mol. The summed E-state index contributed by atoms with van der Waals surface area (Å²) in [4.78, 5) is 12.3. The molecule has 3 rings (SSSR count). The van der Waals surface area contributed by atoms with E-state index >= 15 is 0 Å². The average molecular weight is 340 g/mol. The molecule has 1 saturated heterocycles. The first-order chi connectivity index (χ1) is 12.1. The van der Waals surface area contributed by atoms with E-state index < -0.39 is 5.60 Å². The summed E-state index contributed by atoms with van der Waals surface area (Å²) < 4.78 is 5.78. The number of carbonyl (C=O) groups is 1. The van der Waals surface area contributed by atoms with Crippen molar-refractivity contribution in [3.05, 3.63) is 71.8 Å². The topological polar surface area (TPSA) is 70.6 Å². The van der Waals surface area contributed by atoms with Crippen LogP contribution < -0.4 is 10.6 Å². The van der Waals surface area contributed by atoms with Crippen molar-refractivity contribution >= 4 is 6.03 Å². The number of nitrogens with one attached hydrogen (secondary N) is 2. The minimum atomic E-state index is -1.12. The molecule has 0 unspecified atom stereocenters. The molecule has 2 amide bonds. The fourth-order valence-corrected chi connectivity index (χ4v) is 3.08. The lowest BCUT2D eigenvalue weighted by Crippen LogP contribution is -2.47. The second kappa shape index (κ2) is 7.68. The van der Waals surface area contributed by atoms with Gasteiger partial charge >= 0.3 is 6.03 Å². The first-order valence-electron chi connectivity index (χ1n) is 8.55. The minimum Gasteiger partial charge on any atom is -0.384 e. The number of benzene rings is 2. The van der Waals surface area contributed by atoms with E-state index in [9.17, 15) is 9.90 Å². The van der Waals surface area contributed by atoms with Gasteiger partial charge in [-0.2, -0.15) is 0 Å². The van der Waals surface area contributed by atoms with Gasteiger partial charge in [0.25, 0.3) is 0 Å². The summed E-state index contributed by atoms with van der Waals surface area (Å²) in [5.74, 6) is 0. The number of hydrogen-bond donors (Lipinski definition) is 3. The van der Waals surface area contributed by atoms with Crippen LogP contribution in [0.5, 0.6) is 0 Å². The van der Waals surface area contributed by atoms with Gasteiger partial charge in [-0.05, 0) is 24.5 Å². The zero-order valence-electron chi connectivity index (χ0n) is 14.3. The third-order valence-electron chi connectivity index (χ3n) is 4.53. The van der Waals surface area contributed by atoms with Crippen molar-refractivity contribution < 1.29 is 14.6 Å². The van der Waals surface area contributed by atoms with Gasteiger partial charge in [-0.3, -0.25) is 0 Å². The van der Waals surface area contributed by atoms with Crippen LogP contribution in [0, 0.1) is 0 Å². The van der Waals surface area contributed by atoms with Crippen LogP contribution in [0.4, 0.5) is 4.79 Å². The fourth-order valence-electron chi connectivity index (χ4n) is 3.08. The highest BCUT2D eigenvalue weighted by Gasteiger charge is 2.31. The van der Waals surface area contributed by atoms with Crippen LogP contribution in [0.15, 0.2) is 60.7 Å². The minimum absolute atomic E-state index is 0.0796. The van der Waals surface area contributed by atoms with Crippen molar-refractivity contribution in [2.45, 2.75) is 31.1 Å². The van der Waals surface area contributed by atoms with E-state index in [1.165, 1.54) is 0 Å². The smallest absolute Gasteiger partial charge is 0.315 e. The summed E-state index contributed by atoms with van der Waals surface area (Å²) in [6, 6.07) is 18.8. The quantitative estimate of drug-likeness (QED) is 0.784. The van der Waals surface area contributed by atoms with E-state index in [1.54, 1.807) is 6.92 Å². The van der Waals surface area contributed by atoms with E-state index in [1.807, 2.05) is 60.7 Å². The van der Waals surface area contributed by atoms with Gasteiger partial charge in [0.2, 0.25) is 0 Å². The largest absolute Gasteiger partial charge is 0.384 e. The molecule has 0 radical (unpaired) electrons. The van der Waals surface area contributed by atoms with Crippen molar-refractivity contribution in [3.8, 4) is 0 Å². The highest BCUT2D eigenvalue weighted by molar-refractivity contribution is 5.74. The zero-order valence-corrected chi connectivity index (χ0v) is 14.3. The van der Waals surface area contributed by atoms with Crippen molar-refractivity contribution in [1.82, 2.24) is 10.6 Å². The van der Waals surface area contributed by atoms with Crippen molar-refractivity contribution in [3.63, 3.8) is 0 Å². The van der Waals surface area contributed by atoms with Crippen molar-refractivity contribution in [1.29, 1.82) is 0 Å². The van der Waals surface area contributed by atoms with Crippen LogP contribution in [0.2, 0.25) is 0 Å². The lowest BCUT2D eigenvalue weighted by molar-refractivity contribution is 0.0588. The van der Waals surface area contributed by atoms with Crippen molar-refractivity contribution in [2.24, 2.45) is 0 Å². The van der Waals surface area contributed by atoms with Gasteiger partial charge in [-0.15, -0.1) is 0 Å². The van der Waals surface area contributed by atoms with Crippen LogP contribution in [-0.4, -0.2) is 30.3 Å². The molecule has 0 aliphatic carbocycles. The zero-order chi connectivity index (χ0) is 17.7. The third-order valence-corrected chi connectivity index (χ3v) is 4.53. The normalized spacial score (nSPS) is 22.2. The summed E-state index contributed by atoms with van der Waals surface area (Å²) in [5, 5.41) is 16.3. The monoisotopic (exact) mass is 340 g/mol. The Morgan fingerprint density at radius 3 is 2.48 bits per heavy atom. The van der Waals surface area contributed by atoms with Gasteiger partial charge in [-0.25, -0.2) is 4.79 Å². The SMILES string of the molecule is C[C@](O)(CNC(=O)N[C@@H]1CCO[C@H]1c1ccccc1)c1ccccc1. The summed E-state index contributed by atoms with van der Waals surface area (Å²) in [6.07, 6.45) is 0.629. The van der Waals surface area contributed by atoms with E-state index in [2.05, 4.69) is 10.6 Å². The first-order valence-corrected chi connectivity index (χ1v) is 8.55. The van der Waals surface area contributed by atoms with Gasteiger partial charge in [0, 0.05) is 6.61 Å². The molecule has 5 heteroatoms. The number of carbonyl (C=O) groups excluding carboxylic acids is 1. The number of urea groups is 1. The molecule has 1 fully saturated rings. The maximum atomic E-state index is 12.3. The summed E-state index contributed by atoms with van der Waals surface area (Å²) >= 11 is 0. The highest BCUT2D eigenvalue weighted by atomic mass is 16.5. The summed E-state index contributed by atoms with van der Waals surface area (Å²) in [6.45, 7) is 2.44. The van der Waals surface area contributed by atoms with Crippen LogP contribution in [-0.2, 0) is 10.3 Å². The molecule has 0 aromatic heterocycles. The molecule has 25 heavy (non-hydrogen) atoms. The molecule has 2 aromatic rings. The molecule has 3 atom stereocenters. The Morgan fingerprint density at radius 1 is 1.16 bits per heavy atom. The predicted molar refractivity (Wildman–Crippen MR) is 96.1 cm³/mol. The molecule has 0 bridgehead atoms. The number of rotatable bonds is 5. The average Bonchev–Trinajstić information content (AvgIpc) is 3.10. The Labute approximate surface area is 148 Å². The van der Waals surface area contributed by atoms with Gasteiger partial charge in [0.05, 0.1) is 12.6 Å².